The average molecular weight is 401 g/mol. The van der Waals surface area contributed by atoms with Gasteiger partial charge in [0.25, 0.3) is 10.0 Å². The fourth-order valence-corrected chi connectivity index (χ4v) is 4.68. The molecule has 0 aliphatic heterocycles. The highest BCUT2D eigenvalue weighted by Crippen LogP contribution is 2.35. The molecular weight excluding hydrogens is 388 g/mol. The van der Waals surface area contributed by atoms with Crippen molar-refractivity contribution in [2.24, 2.45) is 0 Å². The first-order valence-electron chi connectivity index (χ1n) is 8.10. The largest absolute Gasteiger partial charge is 0.504 e. The number of phenolic OH excluding ortho intramolecular Hbond substituents is 1. The summed E-state index contributed by atoms with van der Waals surface area (Å²) in [5.74, 6) is -3.63. The van der Waals surface area contributed by atoms with Gasteiger partial charge in [-0.1, -0.05) is 11.6 Å². The maximum atomic E-state index is 13.8. The van der Waals surface area contributed by atoms with E-state index < -0.39 is 32.3 Å². The van der Waals surface area contributed by atoms with Crippen molar-refractivity contribution in [1.29, 1.82) is 0 Å². The third-order valence-electron chi connectivity index (χ3n) is 4.28. The summed E-state index contributed by atoms with van der Waals surface area (Å²) in [6, 6.07) is 7.69. The number of aromatic hydroxyl groups is 1. The Kier molecular flexibility index (Phi) is 4.11. The number of benzene rings is 2. The van der Waals surface area contributed by atoms with Gasteiger partial charge in [-0.3, -0.25) is 0 Å². The van der Waals surface area contributed by atoms with Crippen molar-refractivity contribution >= 4 is 20.9 Å². The molecule has 0 amide bonds. The van der Waals surface area contributed by atoms with E-state index in [1.165, 1.54) is 18.7 Å². The Hall–Kier alpha value is -3.33. The maximum Gasteiger partial charge on any atom is 0.272 e. The van der Waals surface area contributed by atoms with Crippen molar-refractivity contribution < 1.29 is 22.3 Å². The van der Waals surface area contributed by atoms with E-state index in [0.29, 0.717) is 23.1 Å². The molecule has 6 nitrogen and oxygen atoms in total. The highest BCUT2D eigenvalue weighted by Gasteiger charge is 2.29. The average Bonchev–Trinajstić information content (AvgIpc) is 3.04. The second-order valence-electron chi connectivity index (χ2n) is 6.22. The number of phenols is 1. The first-order chi connectivity index (χ1) is 13.3. The van der Waals surface area contributed by atoms with Crippen LogP contribution >= 0.6 is 0 Å². The molecule has 0 spiro atoms. The summed E-state index contributed by atoms with van der Waals surface area (Å²) < 4.78 is 55.2. The molecule has 0 radical (unpaired) electrons. The van der Waals surface area contributed by atoms with E-state index in [-0.39, 0.29) is 11.2 Å². The minimum Gasteiger partial charge on any atom is -0.504 e. The minimum atomic E-state index is -4.56. The first-order valence-corrected chi connectivity index (χ1v) is 9.54. The molecule has 0 saturated heterocycles. The lowest BCUT2D eigenvalue weighted by molar-refractivity contribution is 0.411. The molecule has 4 aromatic rings. The molecule has 0 unspecified atom stereocenters. The summed E-state index contributed by atoms with van der Waals surface area (Å²) in [4.78, 5) is 6.93. The second-order valence-corrected chi connectivity index (χ2v) is 7.98. The summed E-state index contributed by atoms with van der Waals surface area (Å²) in [6.07, 6.45) is 4.14. The molecule has 0 fully saturated rings. The summed E-state index contributed by atoms with van der Waals surface area (Å²) in [5, 5.41) is 10.6. The highest BCUT2D eigenvalue weighted by atomic mass is 32.2. The molecular formula is C19H13F2N3O3S. The normalized spacial score (nSPS) is 11.8. The van der Waals surface area contributed by atoms with Crippen molar-refractivity contribution in [2.75, 3.05) is 0 Å². The van der Waals surface area contributed by atoms with E-state index in [1.54, 1.807) is 24.3 Å². The van der Waals surface area contributed by atoms with Crippen LogP contribution in [0.2, 0.25) is 0 Å². The fourth-order valence-electron chi connectivity index (χ4n) is 3.04. The van der Waals surface area contributed by atoms with Crippen LogP contribution in [0.25, 0.3) is 22.2 Å². The molecule has 142 valence electrons. The Morgan fingerprint density at radius 1 is 1.04 bits per heavy atom. The van der Waals surface area contributed by atoms with Crippen molar-refractivity contribution in [1.82, 2.24) is 13.9 Å². The van der Waals surface area contributed by atoms with Gasteiger partial charge in [-0.15, -0.1) is 0 Å². The lowest BCUT2D eigenvalue weighted by Gasteiger charge is -2.13. The summed E-state index contributed by atoms with van der Waals surface area (Å²) in [7, 11) is -4.56. The van der Waals surface area contributed by atoms with E-state index in [1.807, 2.05) is 6.92 Å². The topological polar surface area (TPSA) is 85.1 Å². The quantitative estimate of drug-likeness (QED) is 0.567. The number of hydrogen-bond donors (Lipinski definition) is 1. The Bertz CT molecular complexity index is 1320. The van der Waals surface area contributed by atoms with Gasteiger partial charge in [0.05, 0.1) is 11.2 Å². The zero-order valence-corrected chi connectivity index (χ0v) is 15.3. The van der Waals surface area contributed by atoms with Crippen molar-refractivity contribution in [3.05, 3.63) is 72.3 Å². The minimum absolute atomic E-state index is 0.199. The van der Waals surface area contributed by atoms with E-state index in [4.69, 9.17) is 0 Å². The van der Waals surface area contributed by atoms with Crippen LogP contribution in [-0.2, 0) is 10.0 Å². The smallest absolute Gasteiger partial charge is 0.272 e. The predicted octanol–water partition coefficient (Wildman–Crippen LogP) is 3.63. The van der Waals surface area contributed by atoms with Crippen LogP contribution in [0.4, 0.5) is 8.78 Å². The standard InChI is InChI=1S/C19H13F2N3O3S/c1-11-2-3-16-12(4-11)5-17(13-8-22-10-23-9-13)24(16)28(26,27)18-7-14(20)6-15(21)19(18)25/h2-10,25H,1H3. The lowest BCUT2D eigenvalue weighted by atomic mass is 10.2. The van der Waals surface area contributed by atoms with Crippen molar-refractivity contribution in [3.8, 4) is 17.0 Å². The summed E-state index contributed by atoms with van der Waals surface area (Å²) in [6.45, 7) is 1.85. The van der Waals surface area contributed by atoms with E-state index in [0.717, 1.165) is 9.54 Å². The summed E-state index contributed by atoms with van der Waals surface area (Å²) in [5.41, 5.74) is 1.77. The maximum absolute atomic E-state index is 13.8. The second kappa shape index (κ2) is 6.38. The Labute approximate surface area is 158 Å². The highest BCUT2D eigenvalue weighted by molar-refractivity contribution is 7.90. The molecule has 2 aromatic carbocycles. The van der Waals surface area contributed by atoms with Gasteiger partial charge in [0, 0.05) is 29.4 Å². The van der Waals surface area contributed by atoms with Crippen LogP contribution in [-0.4, -0.2) is 27.5 Å². The molecule has 2 aromatic heterocycles. The lowest BCUT2D eigenvalue weighted by Crippen LogP contribution is -2.15. The molecule has 0 atom stereocenters. The number of fused-ring (bicyclic) bond motifs is 1. The third-order valence-corrected chi connectivity index (χ3v) is 6.02. The zero-order valence-electron chi connectivity index (χ0n) is 14.5. The first kappa shape index (κ1) is 18.1. The van der Waals surface area contributed by atoms with Gasteiger partial charge in [0.2, 0.25) is 0 Å². The van der Waals surface area contributed by atoms with E-state index in [2.05, 4.69) is 9.97 Å². The van der Waals surface area contributed by atoms with Crippen LogP contribution in [0.15, 0.2) is 60.0 Å². The Morgan fingerprint density at radius 2 is 1.75 bits per heavy atom. The predicted molar refractivity (Wildman–Crippen MR) is 98.3 cm³/mol. The fraction of sp³-hybridized carbons (Fsp3) is 0.0526. The van der Waals surface area contributed by atoms with Crippen LogP contribution in [0.1, 0.15) is 5.56 Å². The molecule has 0 aliphatic carbocycles. The number of hydrogen-bond acceptors (Lipinski definition) is 5. The molecule has 28 heavy (non-hydrogen) atoms. The third kappa shape index (κ3) is 2.80. The Balaban J connectivity index is 2.11. The number of aryl methyl sites for hydroxylation is 1. The van der Waals surface area contributed by atoms with Crippen LogP contribution in [0.5, 0.6) is 5.75 Å². The molecule has 0 aliphatic rings. The molecule has 9 heteroatoms. The van der Waals surface area contributed by atoms with Crippen molar-refractivity contribution in [3.63, 3.8) is 0 Å². The van der Waals surface area contributed by atoms with Crippen LogP contribution in [0.3, 0.4) is 0 Å². The van der Waals surface area contributed by atoms with Gasteiger partial charge < -0.3 is 5.11 Å². The molecule has 2 heterocycles. The molecule has 0 saturated carbocycles. The molecule has 4 rings (SSSR count). The number of rotatable bonds is 3. The van der Waals surface area contributed by atoms with Gasteiger partial charge in [-0.25, -0.2) is 31.1 Å². The van der Waals surface area contributed by atoms with Gasteiger partial charge in [0.15, 0.2) is 11.6 Å². The van der Waals surface area contributed by atoms with Crippen LogP contribution in [0, 0.1) is 18.6 Å². The number of aromatic nitrogens is 3. The number of nitrogens with zero attached hydrogens (tertiary/aromatic N) is 3. The molecule has 0 bridgehead atoms. The monoisotopic (exact) mass is 401 g/mol. The van der Waals surface area contributed by atoms with E-state index in [9.17, 15) is 22.3 Å². The SMILES string of the molecule is Cc1ccc2c(c1)cc(-c1cncnc1)n2S(=O)(=O)c1cc(F)cc(F)c1O. The van der Waals surface area contributed by atoms with Crippen LogP contribution < -0.4 is 0 Å². The Morgan fingerprint density at radius 3 is 2.46 bits per heavy atom. The zero-order chi connectivity index (χ0) is 20.1. The van der Waals surface area contributed by atoms with Gasteiger partial charge >= 0.3 is 0 Å². The van der Waals surface area contributed by atoms with Gasteiger partial charge in [0.1, 0.15) is 17.0 Å². The summed E-state index contributed by atoms with van der Waals surface area (Å²) >= 11 is 0. The number of halogens is 2. The van der Waals surface area contributed by atoms with Gasteiger partial charge in [-0.2, -0.15) is 0 Å². The van der Waals surface area contributed by atoms with E-state index >= 15 is 0 Å². The van der Waals surface area contributed by atoms with Gasteiger partial charge in [-0.05, 0) is 31.2 Å². The molecule has 1 N–H and O–H groups in total. The van der Waals surface area contributed by atoms with Crippen molar-refractivity contribution in [2.45, 2.75) is 11.8 Å².